The topological polar surface area (TPSA) is 68.2 Å². The second-order valence-electron chi connectivity index (χ2n) is 5.24. The Morgan fingerprint density at radius 1 is 1.65 bits per heavy atom. The minimum atomic E-state index is -0.782. The summed E-state index contributed by atoms with van der Waals surface area (Å²) in [5.41, 5.74) is -0.782. The standard InChI is InChI=1S/C12H22N4O/c1-9(2)12(3,8-13)15-11(17)7-16(4)10-5-14-6-10/h9-10,14H,5-7H2,1-4H3,(H,15,17). The SMILES string of the molecule is CC(C)C(C)(C#N)NC(=O)CN(C)C1CNC1. The van der Waals surface area contributed by atoms with Gasteiger partial charge in [-0.1, -0.05) is 13.8 Å². The smallest absolute Gasteiger partial charge is 0.235 e. The van der Waals surface area contributed by atoms with Gasteiger partial charge in [0.15, 0.2) is 0 Å². The zero-order chi connectivity index (χ0) is 13.1. The molecule has 1 saturated heterocycles. The Hall–Kier alpha value is -1.12. The van der Waals surface area contributed by atoms with E-state index in [4.69, 9.17) is 5.26 Å². The Bertz CT molecular complexity index is 319. The molecule has 1 aliphatic rings. The van der Waals surface area contributed by atoms with Crippen LogP contribution in [0.2, 0.25) is 0 Å². The van der Waals surface area contributed by atoms with Crippen molar-refractivity contribution in [2.45, 2.75) is 32.4 Å². The number of nitriles is 1. The lowest BCUT2D eigenvalue weighted by Crippen LogP contribution is -2.59. The molecule has 1 fully saturated rings. The number of hydrogen-bond donors (Lipinski definition) is 2. The lowest BCUT2D eigenvalue weighted by atomic mass is 9.90. The molecule has 0 bridgehead atoms. The quantitative estimate of drug-likeness (QED) is 0.704. The van der Waals surface area contributed by atoms with E-state index in [1.54, 1.807) is 6.92 Å². The van der Waals surface area contributed by atoms with Crippen molar-refractivity contribution in [3.63, 3.8) is 0 Å². The second kappa shape index (κ2) is 5.48. The van der Waals surface area contributed by atoms with E-state index in [-0.39, 0.29) is 11.8 Å². The van der Waals surface area contributed by atoms with Crippen LogP contribution in [0.5, 0.6) is 0 Å². The summed E-state index contributed by atoms with van der Waals surface area (Å²) in [5.74, 6) is 0.00396. The van der Waals surface area contributed by atoms with E-state index in [9.17, 15) is 4.79 Å². The molecule has 1 amide bonds. The molecule has 0 aromatic heterocycles. The molecule has 17 heavy (non-hydrogen) atoms. The fourth-order valence-corrected chi connectivity index (χ4v) is 1.57. The van der Waals surface area contributed by atoms with Gasteiger partial charge in [0.25, 0.3) is 0 Å². The number of hydrogen-bond acceptors (Lipinski definition) is 4. The predicted molar refractivity (Wildman–Crippen MR) is 66.3 cm³/mol. The average molecular weight is 238 g/mol. The second-order valence-corrected chi connectivity index (χ2v) is 5.24. The van der Waals surface area contributed by atoms with Crippen molar-refractivity contribution < 1.29 is 4.79 Å². The Morgan fingerprint density at radius 3 is 2.59 bits per heavy atom. The summed E-state index contributed by atoms with van der Waals surface area (Å²) in [4.78, 5) is 13.9. The molecule has 0 aromatic rings. The van der Waals surface area contributed by atoms with E-state index in [2.05, 4.69) is 16.7 Å². The number of nitrogens with one attached hydrogen (secondary N) is 2. The average Bonchev–Trinajstić information content (AvgIpc) is 2.13. The number of amides is 1. The molecule has 96 valence electrons. The van der Waals surface area contributed by atoms with Gasteiger partial charge in [0, 0.05) is 19.1 Å². The molecule has 5 heteroatoms. The zero-order valence-electron chi connectivity index (χ0n) is 11.1. The maximum Gasteiger partial charge on any atom is 0.235 e. The van der Waals surface area contributed by atoms with Crippen molar-refractivity contribution in [1.82, 2.24) is 15.5 Å². The molecule has 5 nitrogen and oxygen atoms in total. The van der Waals surface area contributed by atoms with Crippen molar-refractivity contribution in [2.75, 3.05) is 26.7 Å². The number of rotatable bonds is 5. The van der Waals surface area contributed by atoms with Gasteiger partial charge >= 0.3 is 0 Å². The number of nitrogens with zero attached hydrogens (tertiary/aromatic N) is 2. The van der Waals surface area contributed by atoms with Gasteiger partial charge in [-0.25, -0.2) is 0 Å². The highest BCUT2D eigenvalue weighted by molar-refractivity contribution is 5.79. The van der Waals surface area contributed by atoms with E-state index < -0.39 is 5.54 Å². The third-order valence-electron chi connectivity index (χ3n) is 3.56. The Labute approximate surface area is 103 Å². The lowest BCUT2D eigenvalue weighted by Gasteiger charge is -2.36. The van der Waals surface area contributed by atoms with Crippen LogP contribution in [-0.2, 0) is 4.79 Å². The molecule has 1 unspecified atom stereocenters. The van der Waals surface area contributed by atoms with E-state index in [0.29, 0.717) is 12.6 Å². The van der Waals surface area contributed by atoms with E-state index in [0.717, 1.165) is 13.1 Å². The van der Waals surface area contributed by atoms with Crippen molar-refractivity contribution >= 4 is 5.91 Å². The summed E-state index contributed by atoms with van der Waals surface area (Å²) in [6.07, 6.45) is 0. The van der Waals surface area contributed by atoms with Crippen molar-refractivity contribution in [3.8, 4) is 6.07 Å². The maximum atomic E-state index is 11.9. The van der Waals surface area contributed by atoms with Gasteiger partial charge in [0.2, 0.25) is 5.91 Å². The summed E-state index contributed by atoms with van der Waals surface area (Å²) in [6.45, 7) is 7.84. The van der Waals surface area contributed by atoms with Crippen LogP contribution < -0.4 is 10.6 Å². The van der Waals surface area contributed by atoms with Crippen LogP contribution in [0.15, 0.2) is 0 Å². The molecule has 0 aromatic carbocycles. The van der Waals surface area contributed by atoms with Gasteiger partial charge in [-0.2, -0.15) is 5.26 Å². The van der Waals surface area contributed by atoms with E-state index in [1.807, 2.05) is 25.8 Å². The fraction of sp³-hybridized carbons (Fsp3) is 0.833. The first kappa shape index (κ1) is 13.9. The first-order chi connectivity index (χ1) is 7.89. The predicted octanol–water partition coefficient (Wildman–Crippen LogP) is -0.0555. The number of carbonyl (C=O) groups excluding carboxylic acids is 1. The first-order valence-corrected chi connectivity index (χ1v) is 6.02. The van der Waals surface area contributed by atoms with Crippen LogP contribution in [0.4, 0.5) is 0 Å². The van der Waals surface area contributed by atoms with Gasteiger partial charge in [-0.15, -0.1) is 0 Å². The molecular formula is C12H22N4O. The van der Waals surface area contributed by atoms with Crippen LogP contribution in [0.1, 0.15) is 20.8 Å². The van der Waals surface area contributed by atoms with Crippen LogP contribution in [0, 0.1) is 17.2 Å². The molecular weight excluding hydrogens is 216 g/mol. The van der Waals surface area contributed by atoms with Crippen molar-refractivity contribution in [1.29, 1.82) is 5.26 Å². The molecule has 0 radical (unpaired) electrons. The first-order valence-electron chi connectivity index (χ1n) is 6.02. The minimum absolute atomic E-state index is 0.0860. The summed E-state index contributed by atoms with van der Waals surface area (Å²) in [7, 11) is 1.93. The van der Waals surface area contributed by atoms with Gasteiger partial charge in [0.1, 0.15) is 5.54 Å². The highest BCUT2D eigenvalue weighted by Gasteiger charge is 2.31. The summed E-state index contributed by atoms with van der Waals surface area (Å²) < 4.78 is 0. The Morgan fingerprint density at radius 2 is 2.24 bits per heavy atom. The monoisotopic (exact) mass is 238 g/mol. The Balaban J connectivity index is 2.45. The van der Waals surface area contributed by atoms with Crippen molar-refractivity contribution in [2.24, 2.45) is 5.92 Å². The highest BCUT2D eigenvalue weighted by atomic mass is 16.2. The van der Waals surface area contributed by atoms with Crippen LogP contribution in [-0.4, -0.2) is 49.1 Å². The summed E-state index contributed by atoms with van der Waals surface area (Å²) in [5, 5.41) is 15.1. The van der Waals surface area contributed by atoms with Gasteiger partial charge in [-0.3, -0.25) is 9.69 Å². The Kier molecular flexibility index (Phi) is 4.49. The molecule has 2 N–H and O–H groups in total. The van der Waals surface area contributed by atoms with Crippen molar-refractivity contribution in [3.05, 3.63) is 0 Å². The molecule has 1 heterocycles. The highest BCUT2D eigenvalue weighted by Crippen LogP contribution is 2.15. The van der Waals surface area contributed by atoms with Crippen LogP contribution in [0.3, 0.4) is 0 Å². The van der Waals surface area contributed by atoms with Gasteiger partial charge in [0.05, 0.1) is 12.6 Å². The third-order valence-corrected chi connectivity index (χ3v) is 3.56. The number of carbonyl (C=O) groups is 1. The van der Waals surface area contributed by atoms with Crippen LogP contribution >= 0.6 is 0 Å². The third kappa shape index (κ3) is 3.42. The fourth-order valence-electron chi connectivity index (χ4n) is 1.57. The summed E-state index contributed by atoms with van der Waals surface area (Å²) >= 11 is 0. The van der Waals surface area contributed by atoms with E-state index >= 15 is 0 Å². The zero-order valence-corrected chi connectivity index (χ0v) is 11.1. The molecule has 0 spiro atoms. The molecule has 0 aliphatic carbocycles. The van der Waals surface area contributed by atoms with E-state index in [1.165, 1.54) is 0 Å². The normalized spacial score (nSPS) is 19.6. The van der Waals surface area contributed by atoms with Crippen LogP contribution in [0.25, 0.3) is 0 Å². The van der Waals surface area contributed by atoms with Gasteiger partial charge < -0.3 is 10.6 Å². The minimum Gasteiger partial charge on any atom is -0.337 e. The summed E-state index contributed by atoms with van der Waals surface area (Å²) in [6, 6.07) is 2.61. The lowest BCUT2D eigenvalue weighted by molar-refractivity contribution is -0.124. The molecule has 1 aliphatic heterocycles. The number of likely N-dealkylation sites (N-methyl/N-ethyl adjacent to an activating group) is 1. The van der Waals surface area contributed by atoms with Gasteiger partial charge in [-0.05, 0) is 19.9 Å². The largest absolute Gasteiger partial charge is 0.337 e. The molecule has 1 atom stereocenters. The molecule has 1 rings (SSSR count). The maximum absolute atomic E-state index is 11.9. The molecule has 0 saturated carbocycles.